The third kappa shape index (κ3) is 2.35. The van der Waals surface area contributed by atoms with Gasteiger partial charge in [0, 0.05) is 5.56 Å². The molecule has 0 fully saturated rings. The molecule has 1 heterocycles. The number of ether oxygens (including phenoxy) is 1. The van der Waals surface area contributed by atoms with Crippen molar-refractivity contribution in [3.63, 3.8) is 0 Å². The lowest BCUT2D eigenvalue weighted by Crippen LogP contribution is -2.18. The second kappa shape index (κ2) is 4.81. The summed E-state index contributed by atoms with van der Waals surface area (Å²) in [5.74, 6) is 0.818. The molecule has 0 aromatic heterocycles. The van der Waals surface area contributed by atoms with Crippen molar-refractivity contribution in [1.29, 1.82) is 0 Å². The van der Waals surface area contributed by atoms with Crippen LogP contribution in [0.1, 0.15) is 11.6 Å². The first kappa shape index (κ1) is 13.0. The van der Waals surface area contributed by atoms with E-state index >= 15 is 0 Å². The largest absolute Gasteiger partial charge is 0.491 e. The van der Waals surface area contributed by atoms with Gasteiger partial charge in [0.25, 0.3) is 0 Å². The molecular weight excluding hydrogens is 276 g/mol. The summed E-state index contributed by atoms with van der Waals surface area (Å²) < 4.78 is 28.7. The Bertz CT molecular complexity index is 744. The molecule has 0 spiro atoms. The number of anilines is 1. The minimum Gasteiger partial charge on any atom is -0.491 e. The van der Waals surface area contributed by atoms with Gasteiger partial charge in [-0.3, -0.25) is 0 Å². The Morgan fingerprint density at radius 1 is 1.10 bits per heavy atom. The minimum absolute atomic E-state index is 0.0874. The summed E-state index contributed by atoms with van der Waals surface area (Å²) in [5, 5.41) is 8.42. The van der Waals surface area contributed by atoms with Gasteiger partial charge in [0.2, 0.25) is 10.0 Å². The average Bonchev–Trinajstić information content (AvgIpc) is 2.82. The van der Waals surface area contributed by atoms with Crippen LogP contribution in [0.2, 0.25) is 0 Å². The molecule has 2 aromatic carbocycles. The second-order valence-corrected chi connectivity index (χ2v) is 6.12. The summed E-state index contributed by atoms with van der Waals surface area (Å²) in [6.45, 7) is 0.457. The summed E-state index contributed by atoms with van der Waals surface area (Å²) in [4.78, 5) is 0.0874. The Morgan fingerprint density at radius 3 is 2.60 bits per heavy atom. The Kier molecular flexibility index (Phi) is 3.11. The first-order chi connectivity index (χ1) is 9.55. The summed E-state index contributed by atoms with van der Waals surface area (Å²) in [7, 11) is -3.76. The Hall–Kier alpha value is -2.05. The van der Waals surface area contributed by atoms with E-state index in [0.29, 0.717) is 12.3 Å². The topological polar surface area (TPSA) is 81.4 Å². The lowest BCUT2D eigenvalue weighted by Gasteiger charge is -2.15. The summed E-state index contributed by atoms with van der Waals surface area (Å²) in [6.07, 6.45) is 0. The normalized spacial score (nSPS) is 17.4. The molecule has 0 saturated heterocycles. The van der Waals surface area contributed by atoms with Crippen molar-refractivity contribution < 1.29 is 13.2 Å². The van der Waals surface area contributed by atoms with E-state index in [1.54, 1.807) is 18.2 Å². The fraction of sp³-hybridized carbons (Fsp3) is 0.143. The van der Waals surface area contributed by atoms with Gasteiger partial charge in [0.05, 0.1) is 11.7 Å². The van der Waals surface area contributed by atoms with E-state index in [4.69, 9.17) is 9.88 Å². The van der Waals surface area contributed by atoms with E-state index in [0.717, 1.165) is 11.3 Å². The fourth-order valence-electron chi connectivity index (χ4n) is 2.30. The number of sulfonamides is 1. The van der Waals surface area contributed by atoms with Crippen LogP contribution in [0.5, 0.6) is 5.75 Å². The van der Waals surface area contributed by atoms with Crippen LogP contribution >= 0.6 is 0 Å². The molecule has 5 nitrogen and oxygen atoms in total. The van der Waals surface area contributed by atoms with Crippen LogP contribution in [-0.2, 0) is 10.0 Å². The van der Waals surface area contributed by atoms with Gasteiger partial charge in [-0.25, -0.2) is 13.6 Å². The Labute approximate surface area is 117 Å². The van der Waals surface area contributed by atoms with Gasteiger partial charge in [-0.1, -0.05) is 30.3 Å². The van der Waals surface area contributed by atoms with E-state index in [1.807, 2.05) is 24.3 Å². The van der Waals surface area contributed by atoms with Crippen molar-refractivity contribution in [3.8, 4) is 5.75 Å². The van der Waals surface area contributed by atoms with Crippen molar-refractivity contribution in [1.82, 2.24) is 0 Å². The van der Waals surface area contributed by atoms with Crippen LogP contribution in [0.15, 0.2) is 53.4 Å². The van der Waals surface area contributed by atoms with E-state index in [9.17, 15) is 8.42 Å². The van der Waals surface area contributed by atoms with Gasteiger partial charge in [-0.2, -0.15) is 0 Å². The van der Waals surface area contributed by atoms with Crippen LogP contribution in [-0.4, -0.2) is 15.0 Å². The van der Waals surface area contributed by atoms with E-state index < -0.39 is 10.0 Å². The van der Waals surface area contributed by atoms with Gasteiger partial charge < -0.3 is 10.1 Å². The zero-order chi connectivity index (χ0) is 14.2. The van der Waals surface area contributed by atoms with Gasteiger partial charge in [-0.15, -0.1) is 0 Å². The molecule has 20 heavy (non-hydrogen) atoms. The average molecular weight is 290 g/mol. The molecule has 0 saturated carbocycles. The quantitative estimate of drug-likeness (QED) is 0.904. The summed E-state index contributed by atoms with van der Waals surface area (Å²) in [6, 6.07) is 14.2. The molecule has 1 aliphatic heterocycles. The molecule has 0 bridgehead atoms. The fourth-order valence-corrected chi connectivity index (χ4v) is 3.01. The Morgan fingerprint density at radius 2 is 1.80 bits per heavy atom. The maximum Gasteiger partial charge on any atom is 0.240 e. The number of fused-ring (bicyclic) bond motifs is 1. The number of primary sulfonamides is 1. The van der Waals surface area contributed by atoms with Crippen molar-refractivity contribution in [2.24, 2.45) is 5.14 Å². The standard InChI is InChI=1S/C14H14N2O3S/c15-20(17,18)14-8-4-2-6-11(14)16-12-9-19-13-7-3-1-5-10(12)13/h1-8,12,16H,9H2,(H2,15,17,18). The predicted molar refractivity (Wildman–Crippen MR) is 76.1 cm³/mol. The number of benzene rings is 2. The maximum atomic E-state index is 11.6. The van der Waals surface area contributed by atoms with Crippen LogP contribution < -0.4 is 15.2 Å². The number of para-hydroxylation sites is 2. The number of hydrogen-bond donors (Lipinski definition) is 2. The smallest absolute Gasteiger partial charge is 0.240 e. The highest BCUT2D eigenvalue weighted by Gasteiger charge is 2.25. The first-order valence-corrected chi connectivity index (χ1v) is 7.70. The van der Waals surface area contributed by atoms with E-state index in [1.165, 1.54) is 6.07 Å². The first-order valence-electron chi connectivity index (χ1n) is 6.16. The Balaban J connectivity index is 1.94. The molecular formula is C14H14N2O3S. The zero-order valence-corrected chi connectivity index (χ0v) is 11.4. The van der Waals surface area contributed by atoms with Crippen LogP contribution in [0.4, 0.5) is 5.69 Å². The second-order valence-electron chi connectivity index (χ2n) is 4.59. The van der Waals surface area contributed by atoms with E-state index in [-0.39, 0.29) is 10.9 Å². The van der Waals surface area contributed by atoms with Gasteiger partial charge in [-0.05, 0) is 18.2 Å². The highest BCUT2D eigenvalue weighted by atomic mass is 32.2. The third-order valence-electron chi connectivity index (χ3n) is 3.22. The molecule has 1 aliphatic rings. The van der Waals surface area contributed by atoms with Crippen LogP contribution in [0.25, 0.3) is 0 Å². The molecule has 104 valence electrons. The van der Waals surface area contributed by atoms with Gasteiger partial charge in [0.15, 0.2) is 0 Å². The molecule has 3 rings (SSSR count). The molecule has 2 aromatic rings. The van der Waals surface area contributed by atoms with Crippen molar-refractivity contribution >= 4 is 15.7 Å². The third-order valence-corrected chi connectivity index (χ3v) is 4.19. The van der Waals surface area contributed by atoms with Crippen LogP contribution in [0.3, 0.4) is 0 Å². The predicted octanol–water partition coefficient (Wildman–Crippen LogP) is 1.88. The zero-order valence-electron chi connectivity index (χ0n) is 10.6. The molecule has 0 amide bonds. The van der Waals surface area contributed by atoms with Crippen LogP contribution in [0, 0.1) is 0 Å². The van der Waals surface area contributed by atoms with Gasteiger partial charge in [0.1, 0.15) is 17.3 Å². The number of nitrogens with two attached hydrogens (primary N) is 1. The summed E-state index contributed by atoms with van der Waals surface area (Å²) >= 11 is 0. The molecule has 3 N–H and O–H groups in total. The summed E-state index contributed by atoms with van der Waals surface area (Å²) in [5.41, 5.74) is 1.50. The molecule has 6 heteroatoms. The van der Waals surface area contributed by atoms with Crippen molar-refractivity contribution in [3.05, 3.63) is 54.1 Å². The SMILES string of the molecule is NS(=O)(=O)c1ccccc1NC1COc2ccccc21. The monoisotopic (exact) mass is 290 g/mol. The maximum absolute atomic E-state index is 11.6. The minimum atomic E-state index is -3.76. The highest BCUT2D eigenvalue weighted by molar-refractivity contribution is 7.89. The van der Waals surface area contributed by atoms with Gasteiger partial charge >= 0.3 is 0 Å². The van der Waals surface area contributed by atoms with Crippen molar-refractivity contribution in [2.45, 2.75) is 10.9 Å². The van der Waals surface area contributed by atoms with E-state index in [2.05, 4.69) is 5.32 Å². The lowest BCUT2D eigenvalue weighted by molar-refractivity contribution is 0.339. The number of nitrogens with one attached hydrogen (secondary N) is 1. The number of hydrogen-bond acceptors (Lipinski definition) is 4. The lowest BCUT2D eigenvalue weighted by atomic mass is 10.1. The number of rotatable bonds is 3. The molecule has 1 unspecified atom stereocenters. The molecule has 0 aliphatic carbocycles. The van der Waals surface area contributed by atoms with Crippen molar-refractivity contribution in [2.75, 3.05) is 11.9 Å². The molecule has 0 radical (unpaired) electrons. The molecule has 1 atom stereocenters. The highest BCUT2D eigenvalue weighted by Crippen LogP contribution is 2.35.